The van der Waals surface area contributed by atoms with Gasteiger partial charge < -0.3 is 16.0 Å². The van der Waals surface area contributed by atoms with Crippen molar-refractivity contribution in [3.63, 3.8) is 0 Å². The van der Waals surface area contributed by atoms with Gasteiger partial charge in [-0.1, -0.05) is 51.1 Å². The van der Waals surface area contributed by atoms with Crippen molar-refractivity contribution in [2.45, 2.75) is 39.2 Å². The van der Waals surface area contributed by atoms with Gasteiger partial charge in [-0.25, -0.2) is 0 Å². The summed E-state index contributed by atoms with van der Waals surface area (Å²) in [5.41, 5.74) is 6.95. The predicted octanol–water partition coefficient (Wildman–Crippen LogP) is 1.49. The Kier molecular flexibility index (Phi) is 5.42. The summed E-state index contributed by atoms with van der Waals surface area (Å²) in [7, 11) is 0. The van der Waals surface area contributed by atoms with Crippen LogP contribution in [0.1, 0.15) is 38.7 Å². The molecule has 5 heteroatoms. The number of likely N-dealkylation sites (tertiary alicyclic amines) is 1. The molecule has 1 aromatic rings. The molecule has 0 aliphatic carbocycles. The van der Waals surface area contributed by atoms with E-state index < -0.39 is 5.41 Å². The standard InChI is InChI=1S/C18H27N3O2/c1-18(2,3)17(23)20-10-9-16(22)21-11-14(15(19)12-21)13-7-5-4-6-8-13/h4-8,14-15H,9-12,19H2,1-3H3,(H,20,23)/t14-,15+/m0/s1. The second kappa shape index (κ2) is 7.13. The van der Waals surface area contributed by atoms with Gasteiger partial charge in [-0.3, -0.25) is 9.59 Å². The fraction of sp³-hybridized carbons (Fsp3) is 0.556. The van der Waals surface area contributed by atoms with Crippen LogP contribution in [0.25, 0.3) is 0 Å². The van der Waals surface area contributed by atoms with E-state index >= 15 is 0 Å². The van der Waals surface area contributed by atoms with Crippen molar-refractivity contribution in [1.82, 2.24) is 10.2 Å². The minimum Gasteiger partial charge on any atom is -0.355 e. The number of nitrogens with one attached hydrogen (secondary N) is 1. The molecule has 0 saturated carbocycles. The molecule has 5 nitrogen and oxygen atoms in total. The fourth-order valence-electron chi connectivity index (χ4n) is 2.79. The van der Waals surface area contributed by atoms with Gasteiger partial charge in [-0.15, -0.1) is 0 Å². The minimum absolute atomic E-state index is 0.0365. The van der Waals surface area contributed by atoms with Crippen molar-refractivity contribution in [1.29, 1.82) is 0 Å². The summed E-state index contributed by atoms with van der Waals surface area (Å²) < 4.78 is 0. The van der Waals surface area contributed by atoms with Crippen molar-refractivity contribution < 1.29 is 9.59 Å². The van der Waals surface area contributed by atoms with Crippen LogP contribution in [0.4, 0.5) is 0 Å². The number of nitrogens with zero attached hydrogens (tertiary/aromatic N) is 1. The summed E-state index contributed by atoms with van der Waals surface area (Å²) >= 11 is 0. The lowest BCUT2D eigenvalue weighted by atomic mass is 9.95. The molecule has 0 radical (unpaired) electrons. The minimum atomic E-state index is -0.433. The third-order valence-electron chi connectivity index (χ3n) is 4.25. The summed E-state index contributed by atoms with van der Waals surface area (Å²) in [6.07, 6.45) is 0.316. The second-order valence-electron chi connectivity index (χ2n) is 7.24. The predicted molar refractivity (Wildman–Crippen MR) is 90.8 cm³/mol. The maximum atomic E-state index is 12.3. The maximum Gasteiger partial charge on any atom is 0.225 e. The second-order valence-corrected chi connectivity index (χ2v) is 7.24. The maximum absolute atomic E-state index is 12.3. The summed E-state index contributed by atoms with van der Waals surface area (Å²) in [5, 5.41) is 2.81. The lowest BCUT2D eigenvalue weighted by Gasteiger charge is -2.19. The number of carbonyl (C=O) groups excluding carboxylic acids is 2. The van der Waals surface area contributed by atoms with Crippen LogP contribution >= 0.6 is 0 Å². The molecule has 2 atom stereocenters. The molecule has 1 heterocycles. The largest absolute Gasteiger partial charge is 0.355 e. The first-order valence-electron chi connectivity index (χ1n) is 8.15. The summed E-state index contributed by atoms with van der Waals surface area (Å²) in [6.45, 7) is 7.16. The van der Waals surface area contributed by atoms with Crippen LogP contribution in [0.3, 0.4) is 0 Å². The Morgan fingerprint density at radius 2 is 1.87 bits per heavy atom. The molecule has 23 heavy (non-hydrogen) atoms. The van der Waals surface area contributed by atoms with Gasteiger partial charge in [0.05, 0.1) is 0 Å². The first-order chi connectivity index (χ1) is 10.8. The van der Waals surface area contributed by atoms with Crippen LogP contribution < -0.4 is 11.1 Å². The first-order valence-corrected chi connectivity index (χ1v) is 8.15. The fourth-order valence-corrected chi connectivity index (χ4v) is 2.79. The molecule has 1 aromatic carbocycles. The summed E-state index contributed by atoms with van der Waals surface area (Å²) in [4.78, 5) is 25.9. The van der Waals surface area contributed by atoms with E-state index in [9.17, 15) is 9.59 Å². The van der Waals surface area contributed by atoms with Gasteiger partial charge in [0.15, 0.2) is 0 Å². The molecule has 3 N–H and O–H groups in total. The topological polar surface area (TPSA) is 75.4 Å². The van der Waals surface area contributed by atoms with Crippen molar-refractivity contribution in [2.24, 2.45) is 11.1 Å². The third-order valence-corrected chi connectivity index (χ3v) is 4.25. The molecule has 1 saturated heterocycles. The number of hydrogen-bond donors (Lipinski definition) is 2. The highest BCUT2D eigenvalue weighted by atomic mass is 16.2. The van der Waals surface area contributed by atoms with Crippen LogP contribution in [0, 0.1) is 5.41 Å². The van der Waals surface area contributed by atoms with Crippen LogP contribution in [-0.2, 0) is 9.59 Å². The number of amides is 2. The quantitative estimate of drug-likeness (QED) is 0.883. The van der Waals surface area contributed by atoms with Gasteiger partial charge in [0.1, 0.15) is 0 Å². The lowest BCUT2D eigenvalue weighted by Crippen LogP contribution is -2.38. The van der Waals surface area contributed by atoms with E-state index in [0.29, 0.717) is 26.1 Å². The lowest BCUT2D eigenvalue weighted by molar-refractivity contribution is -0.131. The Morgan fingerprint density at radius 3 is 2.48 bits per heavy atom. The van der Waals surface area contributed by atoms with Crippen molar-refractivity contribution in [2.75, 3.05) is 19.6 Å². The Bertz CT molecular complexity index is 551. The Morgan fingerprint density at radius 1 is 1.22 bits per heavy atom. The number of rotatable bonds is 4. The zero-order valence-electron chi connectivity index (χ0n) is 14.2. The highest BCUT2D eigenvalue weighted by Crippen LogP contribution is 2.26. The highest BCUT2D eigenvalue weighted by molar-refractivity contribution is 5.82. The summed E-state index contributed by atoms with van der Waals surface area (Å²) in [5.74, 6) is 0.197. The van der Waals surface area contributed by atoms with E-state index in [1.54, 1.807) is 0 Å². The molecular formula is C18H27N3O2. The molecular weight excluding hydrogens is 290 g/mol. The van der Waals surface area contributed by atoms with E-state index in [1.807, 2.05) is 43.9 Å². The first kappa shape index (κ1) is 17.5. The van der Waals surface area contributed by atoms with Crippen molar-refractivity contribution in [3.05, 3.63) is 35.9 Å². The van der Waals surface area contributed by atoms with E-state index in [0.717, 1.165) is 0 Å². The van der Waals surface area contributed by atoms with Crippen LogP contribution in [-0.4, -0.2) is 42.4 Å². The molecule has 1 aliphatic rings. The molecule has 1 aliphatic heterocycles. The SMILES string of the molecule is CC(C)(C)C(=O)NCCC(=O)N1C[C@@H](N)[C@H](c2ccccc2)C1. The third kappa shape index (κ3) is 4.55. The van der Waals surface area contributed by atoms with E-state index in [4.69, 9.17) is 5.73 Å². The number of hydrogen-bond acceptors (Lipinski definition) is 3. The van der Waals surface area contributed by atoms with Crippen LogP contribution in [0.5, 0.6) is 0 Å². The average molecular weight is 317 g/mol. The number of benzene rings is 1. The van der Waals surface area contributed by atoms with Crippen molar-refractivity contribution in [3.8, 4) is 0 Å². The molecule has 2 rings (SSSR count). The molecule has 2 amide bonds. The molecule has 0 aromatic heterocycles. The molecule has 0 spiro atoms. The van der Waals surface area contributed by atoms with Gasteiger partial charge in [0.25, 0.3) is 0 Å². The smallest absolute Gasteiger partial charge is 0.225 e. The Labute approximate surface area is 138 Å². The zero-order chi connectivity index (χ0) is 17.0. The Balaban J connectivity index is 1.84. The number of carbonyl (C=O) groups is 2. The molecule has 0 unspecified atom stereocenters. The zero-order valence-corrected chi connectivity index (χ0v) is 14.2. The van der Waals surface area contributed by atoms with Gasteiger partial charge in [-0.2, -0.15) is 0 Å². The van der Waals surface area contributed by atoms with E-state index in [2.05, 4.69) is 17.4 Å². The van der Waals surface area contributed by atoms with E-state index in [-0.39, 0.29) is 23.8 Å². The van der Waals surface area contributed by atoms with Crippen molar-refractivity contribution >= 4 is 11.8 Å². The normalized spacial score (nSPS) is 21.3. The monoisotopic (exact) mass is 317 g/mol. The van der Waals surface area contributed by atoms with Crippen LogP contribution in [0.15, 0.2) is 30.3 Å². The van der Waals surface area contributed by atoms with E-state index in [1.165, 1.54) is 5.56 Å². The number of nitrogens with two attached hydrogens (primary N) is 1. The molecule has 126 valence electrons. The highest BCUT2D eigenvalue weighted by Gasteiger charge is 2.33. The average Bonchev–Trinajstić information content (AvgIpc) is 2.89. The van der Waals surface area contributed by atoms with Gasteiger partial charge >= 0.3 is 0 Å². The summed E-state index contributed by atoms with van der Waals surface area (Å²) in [6, 6.07) is 10.0. The molecule has 0 bridgehead atoms. The van der Waals surface area contributed by atoms with Gasteiger partial charge in [0, 0.05) is 43.4 Å². The van der Waals surface area contributed by atoms with Gasteiger partial charge in [-0.05, 0) is 5.56 Å². The van der Waals surface area contributed by atoms with Gasteiger partial charge in [0.2, 0.25) is 11.8 Å². The van der Waals surface area contributed by atoms with Crippen LogP contribution in [0.2, 0.25) is 0 Å². The molecule has 1 fully saturated rings. The Hall–Kier alpha value is -1.88.